The highest BCUT2D eigenvalue weighted by molar-refractivity contribution is 5.76. The summed E-state index contributed by atoms with van der Waals surface area (Å²) in [5.74, 6) is 3.09. The summed E-state index contributed by atoms with van der Waals surface area (Å²) in [6.45, 7) is 9.78. The first-order valence-electron chi connectivity index (χ1n) is 12.1. The first-order valence-corrected chi connectivity index (χ1v) is 12.1. The van der Waals surface area contributed by atoms with Crippen LogP contribution in [0.4, 0.5) is 0 Å². The monoisotopic (exact) mass is 483 g/mol. The number of hydrogen-bond donors (Lipinski definition) is 1. The van der Waals surface area contributed by atoms with Gasteiger partial charge in [0.25, 0.3) is 0 Å². The molecule has 0 saturated heterocycles. The molecule has 0 saturated carbocycles. The highest BCUT2D eigenvalue weighted by Crippen LogP contribution is 2.32. The van der Waals surface area contributed by atoms with E-state index in [0.717, 1.165) is 57.1 Å². The predicted molar refractivity (Wildman–Crippen MR) is 137 cm³/mol. The number of aromatic nitrogens is 7. The lowest BCUT2D eigenvalue weighted by Gasteiger charge is -2.15. The van der Waals surface area contributed by atoms with E-state index in [1.807, 2.05) is 44.2 Å². The summed E-state index contributed by atoms with van der Waals surface area (Å²) < 4.78 is 14.2. The first kappa shape index (κ1) is 23.5. The molecule has 0 fully saturated rings. The minimum atomic E-state index is 0.360. The number of aromatic amines is 1. The number of rotatable bonds is 9. The summed E-state index contributed by atoms with van der Waals surface area (Å²) in [4.78, 5) is 9.63. The van der Waals surface area contributed by atoms with Gasteiger partial charge in [-0.05, 0) is 66.6 Å². The van der Waals surface area contributed by atoms with Crippen LogP contribution >= 0.6 is 0 Å². The first-order chi connectivity index (χ1) is 17.6. The number of pyridine rings is 1. The molecule has 0 radical (unpaired) electrons. The van der Waals surface area contributed by atoms with Crippen molar-refractivity contribution >= 4 is 11.2 Å². The van der Waals surface area contributed by atoms with Crippen molar-refractivity contribution in [3.63, 3.8) is 0 Å². The van der Waals surface area contributed by atoms with E-state index in [0.29, 0.717) is 31.3 Å². The van der Waals surface area contributed by atoms with Gasteiger partial charge in [0.15, 0.2) is 11.5 Å². The number of ether oxygens (including phenoxy) is 2. The molecular formula is C27H29N7O2. The average Bonchev–Trinajstić information content (AvgIpc) is 3.53. The molecule has 0 aliphatic heterocycles. The third-order valence-electron chi connectivity index (χ3n) is 6.06. The van der Waals surface area contributed by atoms with Crippen LogP contribution in [0.1, 0.15) is 42.1 Å². The minimum Gasteiger partial charge on any atom is -0.493 e. The number of tetrazole rings is 1. The molecule has 0 spiro atoms. The normalized spacial score (nSPS) is 11.2. The zero-order valence-electron chi connectivity index (χ0n) is 20.9. The van der Waals surface area contributed by atoms with Gasteiger partial charge in [-0.1, -0.05) is 31.2 Å². The molecule has 0 atom stereocenters. The van der Waals surface area contributed by atoms with Gasteiger partial charge in [-0.3, -0.25) is 0 Å². The Bertz CT molecular complexity index is 1470. The van der Waals surface area contributed by atoms with E-state index in [-0.39, 0.29) is 0 Å². The van der Waals surface area contributed by atoms with Crippen LogP contribution in [0.5, 0.6) is 11.5 Å². The van der Waals surface area contributed by atoms with E-state index < -0.39 is 0 Å². The van der Waals surface area contributed by atoms with Gasteiger partial charge in [0.05, 0.1) is 18.7 Å². The van der Waals surface area contributed by atoms with Crippen LogP contribution < -0.4 is 9.47 Å². The van der Waals surface area contributed by atoms with Crippen LogP contribution in [0, 0.1) is 13.8 Å². The van der Waals surface area contributed by atoms with Gasteiger partial charge < -0.3 is 14.0 Å². The number of nitrogens with zero attached hydrogens (tertiary/aromatic N) is 6. The molecule has 0 aliphatic rings. The summed E-state index contributed by atoms with van der Waals surface area (Å²) in [5.41, 5.74) is 6.96. The smallest absolute Gasteiger partial charge is 0.183 e. The van der Waals surface area contributed by atoms with Crippen LogP contribution in [0.2, 0.25) is 0 Å². The van der Waals surface area contributed by atoms with E-state index in [9.17, 15) is 0 Å². The molecular weight excluding hydrogens is 454 g/mol. The number of nitrogens with one attached hydrogen (secondary N) is 1. The summed E-state index contributed by atoms with van der Waals surface area (Å²) in [6.07, 6.45) is 0.849. The van der Waals surface area contributed by atoms with Crippen molar-refractivity contribution in [2.45, 2.75) is 47.3 Å². The average molecular weight is 484 g/mol. The molecule has 0 bridgehead atoms. The fourth-order valence-corrected chi connectivity index (χ4v) is 4.39. The van der Waals surface area contributed by atoms with Crippen molar-refractivity contribution in [3.05, 3.63) is 76.7 Å². The number of hydrogen-bond acceptors (Lipinski definition) is 7. The summed E-state index contributed by atoms with van der Waals surface area (Å²) in [7, 11) is 0. The largest absolute Gasteiger partial charge is 0.493 e. The molecule has 9 nitrogen and oxygen atoms in total. The lowest BCUT2D eigenvalue weighted by atomic mass is 10.1. The van der Waals surface area contributed by atoms with Crippen molar-refractivity contribution in [2.75, 3.05) is 6.61 Å². The van der Waals surface area contributed by atoms with E-state index in [4.69, 9.17) is 19.4 Å². The van der Waals surface area contributed by atoms with Crippen molar-refractivity contribution in [2.24, 2.45) is 0 Å². The molecule has 0 aliphatic carbocycles. The standard InChI is InChI=1S/C27H29N7O2/c1-5-23-29-24-17(3)14-18(4)28-27(24)34(23)15-19-10-12-21(13-11-19)36-16-20-8-7-9-22(25(20)35-6-2)26-30-32-33-31-26/h7-14H,5-6,15-16H2,1-4H3,(H,30,31,32,33). The second-order valence-electron chi connectivity index (χ2n) is 8.63. The molecule has 5 rings (SSSR count). The van der Waals surface area contributed by atoms with Gasteiger partial charge >= 0.3 is 0 Å². The number of fused-ring (bicyclic) bond motifs is 1. The van der Waals surface area contributed by atoms with Crippen molar-refractivity contribution < 1.29 is 9.47 Å². The van der Waals surface area contributed by atoms with Crippen molar-refractivity contribution in [1.29, 1.82) is 0 Å². The van der Waals surface area contributed by atoms with E-state index in [1.165, 1.54) is 0 Å². The number of aryl methyl sites for hydroxylation is 3. The summed E-state index contributed by atoms with van der Waals surface area (Å²) in [5, 5.41) is 14.2. The summed E-state index contributed by atoms with van der Waals surface area (Å²) >= 11 is 0. The highest BCUT2D eigenvalue weighted by Gasteiger charge is 2.16. The lowest BCUT2D eigenvalue weighted by molar-refractivity contribution is 0.287. The predicted octanol–water partition coefficient (Wildman–Crippen LogP) is 4.82. The Labute approximate surface area is 209 Å². The molecule has 1 N–H and O–H groups in total. The second-order valence-corrected chi connectivity index (χ2v) is 8.63. The van der Waals surface area contributed by atoms with E-state index >= 15 is 0 Å². The van der Waals surface area contributed by atoms with Gasteiger partial charge in [-0.15, -0.1) is 5.10 Å². The van der Waals surface area contributed by atoms with Crippen LogP contribution in [0.25, 0.3) is 22.6 Å². The third-order valence-corrected chi connectivity index (χ3v) is 6.06. The molecule has 0 unspecified atom stereocenters. The van der Waals surface area contributed by atoms with Crippen LogP contribution in [-0.4, -0.2) is 41.8 Å². The molecule has 3 heterocycles. The molecule has 0 amide bonds. The Hall–Kier alpha value is -4.27. The molecule has 3 aromatic heterocycles. The molecule has 2 aromatic carbocycles. The fraction of sp³-hybridized carbons (Fsp3) is 0.296. The molecule has 5 aromatic rings. The highest BCUT2D eigenvalue weighted by atomic mass is 16.5. The SMILES string of the molecule is CCOc1c(COc2ccc(Cn3c(CC)nc4c(C)cc(C)nc43)cc2)cccc1-c1nnn[nH]1. The Morgan fingerprint density at radius 2 is 1.81 bits per heavy atom. The summed E-state index contributed by atoms with van der Waals surface area (Å²) in [6, 6.07) is 16.1. The Morgan fingerprint density at radius 3 is 2.53 bits per heavy atom. The minimum absolute atomic E-state index is 0.360. The maximum absolute atomic E-state index is 6.11. The quantitative estimate of drug-likeness (QED) is 0.321. The van der Waals surface area contributed by atoms with Crippen molar-refractivity contribution in [1.82, 2.24) is 35.2 Å². The second kappa shape index (κ2) is 10.2. The van der Waals surface area contributed by atoms with Crippen molar-refractivity contribution in [3.8, 4) is 22.9 Å². The molecule has 36 heavy (non-hydrogen) atoms. The number of benzene rings is 2. The van der Waals surface area contributed by atoms with Gasteiger partial charge in [0, 0.05) is 17.7 Å². The van der Waals surface area contributed by atoms with Gasteiger partial charge in [0.1, 0.15) is 29.4 Å². The number of H-pyrrole nitrogens is 1. The fourth-order valence-electron chi connectivity index (χ4n) is 4.39. The van der Waals surface area contributed by atoms with Gasteiger partial charge in [-0.25, -0.2) is 15.1 Å². The zero-order valence-corrected chi connectivity index (χ0v) is 20.9. The van der Waals surface area contributed by atoms with Crippen LogP contribution in [0.15, 0.2) is 48.5 Å². The maximum Gasteiger partial charge on any atom is 0.183 e. The Morgan fingerprint density at radius 1 is 0.972 bits per heavy atom. The topological polar surface area (TPSA) is 104 Å². The van der Waals surface area contributed by atoms with Crippen LogP contribution in [-0.2, 0) is 19.6 Å². The number of para-hydroxylation sites is 1. The maximum atomic E-state index is 6.11. The zero-order chi connectivity index (χ0) is 25.1. The van der Waals surface area contributed by atoms with Gasteiger partial charge in [-0.2, -0.15) is 0 Å². The Balaban J connectivity index is 1.34. The van der Waals surface area contributed by atoms with Gasteiger partial charge in [0.2, 0.25) is 0 Å². The third kappa shape index (κ3) is 4.64. The van der Waals surface area contributed by atoms with Crippen LogP contribution in [0.3, 0.4) is 0 Å². The lowest BCUT2D eigenvalue weighted by Crippen LogP contribution is -2.06. The Kier molecular flexibility index (Phi) is 6.62. The molecule has 9 heteroatoms. The molecule has 184 valence electrons. The van der Waals surface area contributed by atoms with E-state index in [2.05, 4.69) is 57.2 Å². The van der Waals surface area contributed by atoms with E-state index in [1.54, 1.807) is 0 Å². The number of imidazole rings is 1.